The molecule has 33 heavy (non-hydrogen) atoms. The minimum Gasteiger partial charge on any atom is -0.493 e. The molecule has 0 aliphatic carbocycles. The van der Waals surface area contributed by atoms with E-state index in [1.54, 1.807) is 31.8 Å². The Hall–Kier alpha value is -3.28. The number of benzene rings is 3. The molecule has 1 N–H and O–H groups in total. The number of anilines is 1. The summed E-state index contributed by atoms with van der Waals surface area (Å²) in [4.78, 5) is 8.44. The lowest BCUT2D eigenvalue weighted by atomic mass is 10.1. The summed E-state index contributed by atoms with van der Waals surface area (Å²) >= 11 is 12.2. The Kier molecular flexibility index (Phi) is 7.66. The summed E-state index contributed by atoms with van der Waals surface area (Å²) in [5, 5.41) is 4.70. The van der Waals surface area contributed by atoms with Crippen LogP contribution in [0.1, 0.15) is 11.1 Å². The van der Waals surface area contributed by atoms with Crippen molar-refractivity contribution in [3.05, 3.63) is 100 Å². The van der Waals surface area contributed by atoms with Crippen LogP contribution in [0.15, 0.2) is 79.3 Å². The van der Waals surface area contributed by atoms with Gasteiger partial charge >= 0.3 is 0 Å². The number of hydrogen-bond donors (Lipinski definition) is 1. The number of nitrogens with zero attached hydrogens (tertiary/aromatic N) is 2. The quantitative estimate of drug-likeness (QED) is 0.289. The molecule has 0 spiro atoms. The molecule has 5 nitrogen and oxygen atoms in total. The van der Waals surface area contributed by atoms with E-state index < -0.39 is 0 Å². The minimum absolute atomic E-state index is 0.471. The molecule has 1 aromatic heterocycles. The fourth-order valence-electron chi connectivity index (χ4n) is 3.35. The summed E-state index contributed by atoms with van der Waals surface area (Å²) in [7, 11) is 1.63. The van der Waals surface area contributed by atoms with Gasteiger partial charge in [-0.3, -0.25) is 9.97 Å². The first kappa shape index (κ1) is 22.9. The van der Waals surface area contributed by atoms with Crippen LogP contribution in [0, 0.1) is 0 Å². The van der Waals surface area contributed by atoms with Crippen LogP contribution in [0.25, 0.3) is 11.3 Å². The molecule has 0 saturated heterocycles. The summed E-state index contributed by atoms with van der Waals surface area (Å²) < 4.78 is 11.5. The SMILES string of the molecule is COc1ccc(CNc2ccc(-c3cnccn3)cc2)cc1OCCc1ccc(Cl)cc1Cl. The van der Waals surface area contributed by atoms with Crippen LogP contribution < -0.4 is 14.8 Å². The van der Waals surface area contributed by atoms with Crippen molar-refractivity contribution in [2.75, 3.05) is 19.0 Å². The van der Waals surface area contributed by atoms with Crippen molar-refractivity contribution in [3.63, 3.8) is 0 Å². The monoisotopic (exact) mass is 479 g/mol. The van der Waals surface area contributed by atoms with E-state index >= 15 is 0 Å². The van der Waals surface area contributed by atoms with E-state index in [0.29, 0.717) is 41.1 Å². The van der Waals surface area contributed by atoms with Crippen LogP contribution in [0.4, 0.5) is 5.69 Å². The van der Waals surface area contributed by atoms with Crippen molar-refractivity contribution in [2.24, 2.45) is 0 Å². The summed E-state index contributed by atoms with van der Waals surface area (Å²) in [6, 6.07) is 19.5. The van der Waals surface area contributed by atoms with Crippen molar-refractivity contribution >= 4 is 28.9 Å². The number of nitrogens with one attached hydrogen (secondary N) is 1. The Balaban J connectivity index is 1.37. The molecule has 168 valence electrons. The largest absolute Gasteiger partial charge is 0.493 e. The lowest BCUT2D eigenvalue weighted by Crippen LogP contribution is -2.05. The van der Waals surface area contributed by atoms with Crippen LogP contribution >= 0.6 is 23.2 Å². The van der Waals surface area contributed by atoms with E-state index in [9.17, 15) is 0 Å². The fraction of sp³-hybridized carbons (Fsp3) is 0.154. The zero-order valence-corrected chi connectivity index (χ0v) is 19.6. The number of halogens is 2. The molecule has 0 saturated carbocycles. The average Bonchev–Trinajstić information content (AvgIpc) is 2.85. The Morgan fingerprint density at radius 3 is 2.48 bits per heavy atom. The first-order valence-electron chi connectivity index (χ1n) is 10.5. The molecule has 0 aliphatic rings. The lowest BCUT2D eigenvalue weighted by molar-refractivity contribution is 0.297. The van der Waals surface area contributed by atoms with E-state index in [0.717, 1.165) is 28.1 Å². The first-order chi connectivity index (χ1) is 16.1. The van der Waals surface area contributed by atoms with Gasteiger partial charge in [-0.15, -0.1) is 0 Å². The van der Waals surface area contributed by atoms with Gasteiger partial charge in [-0.05, 0) is 47.5 Å². The fourth-order valence-corrected chi connectivity index (χ4v) is 3.85. The van der Waals surface area contributed by atoms with Gasteiger partial charge in [0.15, 0.2) is 11.5 Å². The standard InChI is InChI=1S/C26H23Cl2N3O2/c1-32-25-9-2-18(14-26(25)33-13-10-19-3-6-21(27)15-23(19)28)16-31-22-7-4-20(5-8-22)24-17-29-11-12-30-24/h2-9,11-12,14-15,17,31H,10,13,16H2,1H3. The van der Waals surface area contributed by atoms with E-state index in [4.69, 9.17) is 32.7 Å². The summed E-state index contributed by atoms with van der Waals surface area (Å²) in [6.45, 7) is 1.12. The molecule has 4 rings (SSSR count). The van der Waals surface area contributed by atoms with Gasteiger partial charge in [-0.25, -0.2) is 0 Å². The molecule has 7 heteroatoms. The Morgan fingerprint density at radius 2 is 1.76 bits per heavy atom. The third-order valence-corrected chi connectivity index (χ3v) is 5.70. The summed E-state index contributed by atoms with van der Waals surface area (Å²) in [5.41, 5.74) is 4.95. The van der Waals surface area contributed by atoms with Crippen molar-refractivity contribution in [3.8, 4) is 22.8 Å². The Morgan fingerprint density at radius 1 is 0.909 bits per heavy atom. The number of aromatic nitrogens is 2. The number of hydrogen-bond acceptors (Lipinski definition) is 5. The molecule has 0 unspecified atom stereocenters. The highest BCUT2D eigenvalue weighted by Crippen LogP contribution is 2.29. The highest BCUT2D eigenvalue weighted by molar-refractivity contribution is 6.35. The first-order valence-corrected chi connectivity index (χ1v) is 11.2. The van der Waals surface area contributed by atoms with Gasteiger partial charge < -0.3 is 14.8 Å². The molecule has 0 bridgehead atoms. The second-order valence-corrected chi connectivity index (χ2v) is 8.18. The van der Waals surface area contributed by atoms with Gasteiger partial charge in [0, 0.05) is 46.7 Å². The van der Waals surface area contributed by atoms with Crippen LogP contribution in [0.3, 0.4) is 0 Å². The number of ether oxygens (including phenoxy) is 2. The molecule has 4 aromatic rings. The molecular weight excluding hydrogens is 457 g/mol. The maximum atomic E-state index is 6.26. The van der Waals surface area contributed by atoms with Crippen LogP contribution in [-0.4, -0.2) is 23.7 Å². The predicted octanol–water partition coefficient (Wildman–Crippen LogP) is 6.69. The average molecular weight is 480 g/mol. The molecule has 0 amide bonds. The second-order valence-electron chi connectivity index (χ2n) is 7.34. The smallest absolute Gasteiger partial charge is 0.161 e. The van der Waals surface area contributed by atoms with Crippen molar-refractivity contribution in [1.29, 1.82) is 0 Å². The van der Waals surface area contributed by atoms with Gasteiger partial charge in [0.1, 0.15) is 0 Å². The van der Waals surface area contributed by atoms with Crippen LogP contribution in [-0.2, 0) is 13.0 Å². The van der Waals surface area contributed by atoms with E-state index in [2.05, 4.69) is 15.3 Å². The van der Waals surface area contributed by atoms with Crippen molar-refractivity contribution in [1.82, 2.24) is 9.97 Å². The molecule has 0 radical (unpaired) electrons. The highest BCUT2D eigenvalue weighted by atomic mass is 35.5. The maximum absolute atomic E-state index is 6.26. The molecule has 0 aliphatic heterocycles. The number of rotatable bonds is 9. The van der Waals surface area contributed by atoms with Gasteiger partial charge in [-0.1, -0.05) is 47.5 Å². The van der Waals surface area contributed by atoms with Gasteiger partial charge in [0.25, 0.3) is 0 Å². The van der Waals surface area contributed by atoms with Crippen molar-refractivity contribution in [2.45, 2.75) is 13.0 Å². The zero-order valence-electron chi connectivity index (χ0n) is 18.1. The minimum atomic E-state index is 0.471. The van der Waals surface area contributed by atoms with Gasteiger partial charge in [-0.2, -0.15) is 0 Å². The Labute approximate surface area is 203 Å². The molecule has 1 heterocycles. The second kappa shape index (κ2) is 11.0. The molecule has 0 atom stereocenters. The van der Waals surface area contributed by atoms with Crippen molar-refractivity contribution < 1.29 is 9.47 Å². The zero-order chi connectivity index (χ0) is 23.0. The van der Waals surface area contributed by atoms with Gasteiger partial charge in [0.05, 0.1) is 25.6 Å². The summed E-state index contributed by atoms with van der Waals surface area (Å²) in [5.74, 6) is 1.38. The van der Waals surface area contributed by atoms with E-state index in [1.165, 1.54) is 0 Å². The van der Waals surface area contributed by atoms with Crippen LogP contribution in [0.5, 0.6) is 11.5 Å². The topological polar surface area (TPSA) is 56.3 Å². The van der Waals surface area contributed by atoms with Gasteiger partial charge in [0.2, 0.25) is 0 Å². The third kappa shape index (κ3) is 6.15. The number of methoxy groups -OCH3 is 1. The van der Waals surface area contributed by atoms with E-state index in [-0.39, 0.29) is 0 Å². The Bertz CT molecular complexity index is 1200. The lowest BCUT2D eigenvalue weighted by Gasteiger charge is -2.14. The highest BCUT2D eigenvalue weighted by Gasteiger charge is 2.08. The summed E-state index contributed by atoms with van der Waals surface area (Å²) in [6.07, 6.45) is 5.77. The normalized spacial score (nSPS) is 10.6. The third-order valence-electron chi connectivity index (χ3n) is 5.11. The van der Waals surface area contributed by atoms with Crippen LogP contribution in [0.2, 0.25) is 10.0 Å². The molecule has 3 aromatic carbocycles. The maximum Gasteiger partial charge on any atom is 0.161 e. The molecule has 0 fully saturated rings. The predicted molar refractivity (Wildman–Crippen MR) is 133 cm³/mol. The molecular formula is C26H23Cl2N3O2. The van der Waals surface area contributed by atoms with E-state index in [1.807, 2.05) is 54.6 Å².